The summed E-state index contributed by atoms with van der Waals surface area (Å²) in [5.41, 5.74) is 0.0874. The van der Waals surface area contributed by atoms with Crippen LogP contribution in [0.2, 0.25) is 0 Å². The van der Waals surface area contributed by atoms with E-state index in [9.17, 15) is 22.7 Å². The standard InChI is InChI=1S/C23H29FN2O4S/c1-3-16-31(29,30)26-14-12-23(13-15-26,18-8-5-4-6-9-18)17(2)25-22(28)21-19(24)10-7-11-20(21)27/h4-11,17,27H,3,12-16H2,1-2H3,(H,25,28)/t17-/m0/s1. The van der Waals surface area contributed by atoms with Crippen LogP contribution in [-0.4, -0.2) is 48.6 Å². The van der Waals surface area contributed by atoms with Gasteiger partial charge in [0.25, 0.3) is 5.91 Å². The molecular formula is C23H29FN2O4S. The van der Waals surface area contributed by atoms with E-state index in [-0.39, 0.29) is 11.3 Å². The molecular weight excluding hydrogens is 419 g/mol. The van der Waals surface area contributed by atoms with Gasteiger partial charge in [0.1, 0.15) is 17.1 Å². The first-order valence-electron chi connectivity index (χ1n) is 10.5. The number of aromatic hydroxyl groups is 1. The van der Waals surface area contributed by atoms with Crippen LogP contribution in [0.4, 0.5) is 4.39 Å². The molecule has 1 heterocycles. The SMILES string of the molecule is CCCS(=O)(=O)N1CCC(c2ccccc2)([C@H](C)NC(=O)c2c(O)cccc2F)CC1. The number of halogens is 1. The maximum Gasteiger partial charge on any atom is 0.258 e. The van der Waals surface area contributed by atoms with E-state index in [0.29, 0.717) is 32.4 Å². The third-order valence-electron chi connectivity index (χ3n) is 6.21. The van der Waals surface area contributed by atoms with Crippen molar-refractivity contribution in [1.29, 1.82) is 0 Å². The number of amides is 1. The van der Waals surface area contributed by atoms with E-state index in [4.69, 9.17) is 0 Å². The summed E-state index contributed by atoms with van der Waals surface area (Å²) in [5, 5.41) is 12.8. The van der Waals surface area contributed by atoms with Gasteiger partial charge < -0.3 is 10.4 Å². The summed E-state index contributed by atoms with van der Waals surface area (Å²) < 4.78 is 40.8. The summed E-state index contributed by atoms with van der Waals surface area (Å²) in [6.07, 6.45) is 1.59. The largest absolute Gasteiger partial charge is 0.507 e. The van der Waals surface area contributed by atoms with E-state index in [2.05, 4.69) is 5.32 Å². The molecule has 0 spiro atoms. The zero-order valence-electron chi connectivity index (χ0n) is 17.8. The Hall–Kier alpha value is -2.45. The van der Waals surface area contributed by atoms with Gasteiger partial charge in [-0.2, -0.15) is 0 Å². The summed E-state index contributed by atoms with van der Waals surface area (Å²) in [4.78, 5) is 12.8. The number of hydrogen-bond donors (Lipinski definition) is 2. The minimum Gasteiger partial charge on any atom is -0.507 e. The molecule has 1 aliphatic rings. The predicted molar refractivity (Wildman–Crippen MR) is 118 cm³/mol. The molecule has 1 amide bonds. The summed E-state index contributed by atoms with van der Waals surface area (Å²) in [5.74, 6) is -1.79. The second-order valence-electron chi connectivity index (χ2n) is 8.07. The van der Waals surface area contributed by atoms with Gasteiger partial charge in [-0.15, -0.1) is 0 Å². The number of carbonyl (C=O) groups excluding carboxylic acids is 1. The predicted octanol–water partition coefficient (Wildman–Crippen LogP) is 3.42. The fraction of sp³-hybridized carbons (Fsp3) is 0.435. The highest BCUT2D eigenvalue weighted by atomic mass is 32.2. The molecule has 1 aliphatic heterocycles. The third-order valence-corrected chi connectivity index (χ3v) is 8.29. The van der Waals surface area contributed by atoms with Crippen molar-refractivity contribution < 1.29 is 22.7 Å². The molecule has 0 saturated carbocycles. The summed E-state index contributed by atoms with van der Waals surface area (Å²) >= 11 is 0. The fourth-order valence-corrected chi connectivity index (χ4v) is 5.95. The number of phenols is 1. The Bertz CT molecular complexity index is 999. The third kappa shape index (κ3) is 4.75. The van der Waals surface area contributed by atoms with E-state index >= 15 is 0 Å². The molecule has 0 radical (unpaired) electrons. The maximum atomic E-state index is 14.2. The zero-order valence-corrected chi connectivity index (χ0v) is 18.7. The lowest BCUT2D eigenvalue weighted by molar-refractivity contribution is 0.0888. The number of rotatable bonds is 7. The molecule has 0 bridgehead atoms. The van der Waals surface area contributed by atoms with Gasteiger partial charge in [0.15, 0.2) is 0 Å². The number of nitrogens with one attached hydrogen (secondary N) is 1. The minimum absolute atomic E-state index is 0.115. The Morgan fingerprint density at radius 3 is 2.39 bits per heavy atom. The lowest BCUT2D eigenvalue weighted by atomic mass is 9.68. The van der Waals surface area contributed by atoms with Crippen LogP contribution in [0.3, 0.4) is 0 Å². The van der Waals surface area contributed by atoms with Crippen LogP contribution in [-0.2, 0) is 15.4 Å². The molecule has 168 valence electrons. The van der Waals surface area contributed by atoms with Gasteiger partial charge in [-0.25, -0.2) is 17.1 Å². The van der Waals surface area contributed by atoms with Gasteiger partial charge in [0.05, 0.1) is 5.75 Å². The van der Waals surface area contributed by atoms with Gasteiger partial charge in [-0.1, -0.05) is 43.3 Å². The van der Waals surface area contributed by atoms with E-state index in [1.54, 1.807) is 0 Å². The average Bonchev–Trinajstić information content (AvgIpc) is 2.74. The van der Waals surface area contributed by atoms with Crippen molar-refractivity contribution in [3.63, 3.8) is 0 Å². The van der Waals surface area contributed by atoms with Crippen LogP contribution in [0.25, 0.3) is 0 Å². The quantitative estimate of drug-likeness (QED) is 0.680. The number of piperidine rings is 1. The van der Waals surface area contributed by atoms with Crippen LogP contribution < -0.4 is 5.32 Å². The van der Waals surface area contributed by atoms with E-state index in [1.165, 1.54) is 16.4 Å². The van der Waals surface area contributed by atoms with Crippen molar-refractivity contribution in [1.82, 2.24) is 9.62 Å². The Kier molecular flexibility index (Phi) is 7.01. The molecule has 2 aromatic carbocycles. The molecule has 1 atom stereocenters. The lowest BCUT2D eigenvalue weighted by Gasteiger charge is -2.45. The lowest BCUT2D eigenvalue weighted by Crippen LogP contribution is -2.55. The van der Waals surface area contributed by atoms with Crippen molar-refractivity contribution in [3.05, 3.63) is 65.5 Å². The topological polar surface area (TPSA) is 86.7 Å². The fourth-order valence-electron chi connectivity index (χ4n) is 4.44. The second-order valence-corrected chi connectivity index (χ2v) is 10.2. The Balaban J connectivity index is 1.88. The van der Waals surface area contributed by atoms with Crippen LogP contribution in [0.15, 0.2) is 48.5 Å². The minimum atomic E-state index is -3.31. The molecule has 0 aliphatic carbocycles. The van der Waals surface area contributed by atoms with Crippen LogP contribution >= 0.6 is 0 Å². The van der Waals surface area contributed by atoms with E-state index < -0.39 is 39.0 Å². The number of hydrogen-bond acceptors (Lipinski definition) is 4. The van der Waals surface area contributed by atoms with Crippen molar-refractivity contribution in [2.75, 3.05) is 18.8 Å². The van der Waals surface area contributed by atoms with Crippen molar-refractivity contribution in [2.45, 2.75) is 44.6 Å². The number of phenolic OH excluding ortho intramolecular Hbond substituents is 1. The maximum absolute atomic E-state index is 14.2. The molecule has 1 saturated heterocycles. The molecule has 2 N–H and O–H groups in total. The summed E-state index contributed by atoms with van der Waals surface area (Å²) in [7, 11) is -3.31. The van der Waals surface area contributed by atoms with Crippen LogP contribution in [0, 0.1) is 5.82 Å². The average molecular weight is 449 g/mol. The number of sulfonamides is 1. The summed E-state index contributed by atoms with van der Waals surface area (Å²) in [6, 6.07) is 13.0. The van der Waals surface area contributed by atoms with Crippen LogP contribution in [0.5, 0.6) is 5.75 Å². The van der Waals surface area contributed by atoms with Gasteiger partial charge in [-0.05, 0) is 43.9 Å². The highest BCUT2D eigenvalue weighted by Crippen LogP contribution is 2.39. The smallest absolute Gasteiger partial charge is 0.258 e. The second kappa shape index (κ2) is 9.36. The highest BCUT2D eigenvalue weighted by Gasteiger charge is 2.43. The Labute approximate surface area is 183 Å². The van der Waals surface area contributed by atoms with Gasteiger partial charge >= 0.3 is 0 Å². The van der Waals surface area contributed by atoms with Gasteiger partial charge in [0.2, 0.25) is 10.0 Å². The van der Waals surface area contributed by atoms with Crippen molar-refractivity contribution >= 4 is 15.9 Å². The van der Waals surface area contributed by atoms with Gasteiger partial charge in [0, 0.05) is 24.5 Å². The molecule has 0 unspecified atom stereocenters. The van der Waals surface area contributed by atoms with Crippen molar-refractivity contribution in [2.24, 2.45) is 0 Å². The normalized spacial score (nSPS) is 17.8. The molecule has 0 aromatic heterocycles. The highest BCUT2D eigenvalue weighted by molar-refractivity contribution is 7.89. The number of benzene rings is 2. The number of nitrogens with zero attached hydrogens (tertiary/aromatic N) is 1. The first kappa shape index (κ1) is 23.2. The van der Waals surface area contributed by atoms with E-state index in [0.717, 1.165) is 11.6 Å². The molecule has 3 rings (SSSR count). The monoisotopic (exact) mass is 448 g/mol. The Morgan fingerprint density at radius 1 is 1.16 bits per heavy atom. The van der Waals surface area contributed by atoms with Crippen molar-refractivity contribution in [3.8, 4) is 5.75 Å². The molecule has 8 heteroatoms. The molecule has 2 aromatic rings. The Morgan fingerprint density at radius 2 is 1.81 bits per heavy atom. The zero-order chi connectivity index (χ0) is 22.6. The number of carbonyl (C=O) groups is 1. The molecule has 31 heavy (non-hydrogen) atoms. The van der Waals surface area contributed by atoms with Gasteiger partial charge in [-0.3, -0.25) is 4.79 Å². The van der Waals surface area contributed by atoms with Crippen LogP contribution in [0.1, 0.15) is 49.0 Å². The van der Waals surface area contributed by atoms with E-state index in [1.807, 2.05) is 44.2 Å². The first-order chi connectivity index (χ1) is 14.7. The summed E-state index contributed by atoms with van der Waals surface area (Å²) in [6.45, 7) is 4.38. The molecule has 6 nitrogen and oxygen atoms in total. The first-order valence-corrected chi connectivity index (χ1v) is 12.1. The molecule has 1 fully saturated rings.